The number of piperazine rings is 1. The van der Waals surface area contributed by atoms with Crippen LogP contribution in [0.3, 0.4) is 0 Å². The smallest absolute Gasteiger partial charge is 0.272 e. The minimum Gasteiger partial charge on any atom is -0.493 e. The molecule has 0 bridgehead atoms. The molecule has 4 aromatic rings. The Morgan fingerprint density at radius 1 is 0.857 bits per heavy atom. The number of fused-ring (bicyclic) bond motifs is 1. The van der Waals surface area contributed by atoms with Gasteiger partial charge in [-0.3, -0.25) is 9.59 Å². The summed E-state index contributed by atoms with van der Waals surface area (Å²) in [7, 11) is 3.19. The van der Waals surface area contributed by atoms with Crippen LogP contribution in [0.25, 0.3) is 16.9 Å². The van der Waals surface area contributed by atoms with Crippen molar-refractivity contribution in [3.8, 4) is 22.8 Å². The topological polar surface area (TPSA) is 114 Å². The highest BCUT2D eigenvalue weighted by Crippen LogP contribution is 2.32. The van der Waals surface area contributed by atoms with E-state index in [4.69, 9.17) is 9.47 Å². The van der Waals surface area contributed by atoms with E-state index in [-0.39, 0.29) is 23.8 Å². The maximum Gasteiger partial charge on any atom is 0.272 e. The van der Waals surface area contributed by atoms with Crippen LogP contribution in [0.15, 0.2) is 60.9 Å². The Kier molecular flexibility index (Phi) is 7.89. The molecule has 42 heavy (non-hydrogen) atoms. The lowest BCUT2D eigenvalue weighted by atomic mass is 9.85. The van der Waals surface area contributed by atoms with Crippen LogP contribution in [0, 0.1) is 5.92 Å². The summed E-state index contributed by atoms with van der Waals surface area (Å²) in [5.41, 5.74) is 2.51. The number of pyridine rings is 1. The number of amides is 2. The van der Waals surface area contributed by atoms with Crippen molar-refractivity contribution < 1.29 is 19.1 Å². The van der Waals surface area contributed by atoms with Gasteiger partial charge < -0.3 is 24.6 Å². The van der Waals surface area contributed by atoms with E-state index in [0.29, 0.717) is 35.9 Å². The molecule has 0 spiro atoms. The molecule has 1 saturated heterocycles. The quantitative estimate of drug-likeness (QED) is 0.360. The number of nitrogens with one attached hydrogen (secondary N) is 1. The molecule has 3 aromatic heterocycles. The minimum absolute atomic E-state index is 0.00277. The fourth-order valence-electron chi connectivity index (χ4n) is 5.92. The lowest BCUT2D eigenvalue weighted by molar-refractivity contribution is -0.137. The van der Waals surface area contributed by atoms with Gasteiger partial charge in [0.05, 0.1) is 19.9 Å². The molecule has 1 aliphatic heterocycles. The SMILES string of the molecule is COc1ccc(-c2ccnc3cc(C(=O)N[C@H]4CC[C@H](C(=O)N5CCN(c6ccccn6)CC5)CC4)nn23)cc1OC. The molecule has 1 saturated carbocycles. The summed E-state index contributed by atoms with van der Waals surface area (Å²) in [5, 5.41) is 7.72. The molecular weight excluding hydrogens is 534 g/mol. The number of hydrogen-bond acceptors (Lipinski definition) is 8. The van der Waals surface area contributed by atoms with Crippen LogP contribution >= 0.6 is 0 Å². The van der Waals surface area contributed by atoms with E-state index in [0.717, 1.165) is 55.8 Å². The number of aromatic nitrogens is 4. The van der Waals surface area contributed by atoms with Crippen molar-refractivity contribution in [2.24, 2.45) is 5.92 Å². The predicted molar refractivity (Wildman–Crippen MR) is 158 cm³/mol. The molecule has 1 N–H and O–H groups in total. The van der Waals surface area contributed by atoms with Crippen LogP contribution < -0.4 is 19.7 Å². The molecule has 1 aromatic carbocycles. The van der Waals surface area contributed by atoms with Crippen molar-refractivity contribution in [3.05, 3.63) is 66.6 Å². The summed E-state index contributed by atoms with van der Waals surface area (Å²) in [6, 6.07) is 15.1. The molecule has 11 nitrogen and oxygen atoms in total. The molecular formula is C31H35N7O4. The van der Waals surface area contributed by atoms with Crippen LogP contribution in [0.1, 0.15) is 36.2 Å². The summed E-state index contributed by atoms with van der Waals surface area (Å²) < 4.78 is 12.5. The lowest BCUT2D eigenvalue weighted by Gasteiger charge is -2.38. The van der Waals surface area contributed by atoms with Gasteiger partial charge in [-0.25, -0.2) is 14.5 Å². The largest absolute Gasteiger partial charge is 0.493 e. The molecule has 218 valence electrons. The maximum atomic E-state index is 13.2. The molecule has 4 heterocycles. The van der Waals surface area contributed by atoms with Crippen molar-refractivity contribution in [1.29, 1.82) is 0 Å². The van der Waals surface area contributed by atoms with Crippen molar-refractivity contribution >= 4 is 23.3 Å². The third-order valence-electron chi connectivity index (χ3n) is 8.25. The summed E-state index contributed by atoms with van der Waals surface area (Å²) in [5.74, 6) is 2.19. The number of benzene rings is 1. The Labute approximate surface area is 244 Å². The third kappa shape index (κ3) is 5.59. The first-order valence-corrected chi connectivity index (χ1v) is 14.4. The normalized spacial score (nSPS) is 19.0. The van der Waals surface area contributed by atoms with Gasteiger partial charge >= 0.3 is 0 Å². The average molecular weight is 570 g/mol. The number of carbonyl (C=O) groups excluding carboxylic acids is 2. The Morgan fingerprint density at radius 3 is 2.36 bits per heavy atom. The van der Waals surface area contributed by atoms with Crippen molar-refractivity contribution in [1.82, 2.24) is 29.8 Å². The van der Waals surface area contributed by atoms with Gasteiger partial charge in [0.2, 0.25) is 5.91 Å². The van der Waals surface area contributed by atoms with Gasteiger partial charge in [0, 0.05) is 62.2 Å². The fraction of sp³-hybridized carbons (Fsp3) is 0.387. The van der Waals surface area contributed by atoms with Gasteiger partial charge in [-0.1, -0.05) is 6.07 Å². The van der Waals surface area contributed by atoms with Gasteiger partial charge in [-0.2, -0.15) is 5.10 Å². The second-order valence-corrected chi connectivity index (χ2v) is 10.7. The molecule has 2 aliphatic rings. The molecule has 1 aliphatic carbocycles. The van der Waals surface area contributed by atoms with Gasteiger partial charge in [-0.15, -0.1) is 0 Å². The summed E-state index contributed by atoms with van der Waals surface area (Å²) >= 11 is 0. The molecule has 2 fully saturated rings. The highest BCUT2D eigenvalue weighted by Gasteiger charge is 2.32. The molecule has 0 unspecified atom stereocenters. The predicted octanol–water partition coefficient (Wildman–Crippen LogP) is 3.45. The first-order valence-electron chi connectivity index (χ1n) is 14.4. The molecule has 11 heteroatoms. The van der Waals surface area contributed by atoms with E-state index in [2.05, 4.69) is 25.3 Å². The van der Waals surface area contributed by atoms with E-state index < -0.39 is 0 Å². The Bertz CT molecular complexity index is 1560. The maximum absolute atomic E-state index is 13.2. The van der Waals surface area contributed by atoms with E-state index in [1.54, 1.807) is 37.2 Å². The average Bonchev–Trinajstić information content (AvgIpc) is 3.50. The summed E-state index contributed by atoms with van der Waals surface area (Å²) in [4.78, 5) is 39.5. The van der Waals surface area contributed by atoms with Crippen molar-refractivity contribution in [3.63, 3.8) is 0 Å². The highest BCUT2D eigenvalue weighted by atomic mass is 16.5. The van der Waals surface area contributed by atoms with Gasteiger partial charge in [0.15, 0.2) is 22.8 Å². The number of ether oxygens (including phenoxy) is 2. The van der Waals surface area contributed by atoms with E-state index in [9.17, 15) is 9.59 Å². The molecule has 0 radical (unpaired) electrons. The molecule has 2 amide bonds. The Balaban J connectivity index is 1.05. The van der Waals surface area contributed by atoms with E-state index in [1.807, 2.05) is 47.4 Å². The monoisotopic (exact) mass is 569 g/mol. The van der Waals surface area contributed by atoms with Crippen molar-refractivity contribution in [2.45, 2.75) is 31.7 Å². The minimum atomic E-state index is -0.237. The zero-order valence-corrected chi connectivity index (χ0v) is 23.9. The summed E-state index contributed by atoms with van der Waals surface area (Å²) in [6.07, 6.45) is 6.55. The Hall–Kier alpha value is -4.67. The molecule has 0 atom stereocenters. The van der Waals surface area contributed by atoms with Crippen LogP contribution in [-0.4, -0.2) is 82.7 Å². The number of hydrogen-bond donors (Lipinski definition) is 1. The Morgan fingerprint density at radius 2 is 1.64 bits per heavy atom. The van der Waals surface area contributed by atoms with E-state index in [1.165, 1.54) is 0 Å². The fourth-order valence-corrected chi connectivity index (χ4v) is 5.92. The zero-order valence-electron chi connectivity index (χ0n) is 23.9. The van der Waals surface area contributed by atoms with Crippen LogP contribution in [0.2, 0.25) is 0 Å². The number of carbonyl (C=O) groups is 2. The first kappa shape index (κ1) is 27.5. The second-order valence-electron chi connectivity index (χ2n) is 10.7. The van der Waals surface area contributed by atoms with Crippen LogP contribution in [-0.2, 0) is 4.79 Å². The standard InChI is InChI=1S/C31H35N7O4/c1-41-26-11-8-22(19-27(26)42-2)25-12-14-33-29-20-24(35-38(25)29)30(39)34-23-9-6-21(7-10-23)31(40)37-17-15-36(16-18-37)28-5-3-4-13-32-28/h3-5,8,11-14,19-21,23H,6-7,9-10,15-18H2,1-2H3,(H,34,39)/t21-,23-. The number of methoxy groups -OCH3 is 2. The van der Waals surface area contributed by atoms with Crippen LogP contribution in [0.4, 0.5) is 5.82 Å². The highest BCUT2D eigenvalue weighted by molar-refractivity contribution is 5.93. The van der Waals surface area contributed by atoms with Gasteiger partial charge in [0.1, 0.15) is 5.82 Å². The van der Waals surface area contributed by atoms with Gasteiger partial charge in [-0.05, 0) is 62.1 Å². The first-order chi connectivity index (χ1) is 20.5. The summed E-state index contributed by atoms with van der Waals surface area (Å²) in [6.45, 7) is 2.99. The lowest BCUT2D eigenvalue weighted by Crippen LogP contribution is -2.51. The molecule has 6 rings (SSSR count). The van der Waals surface area contributed by atoms with E-state index >= 15 is 0 Å². The second kappa shape index (κ2) is 12.1. The number of anilines is 1. The van der Waals surface area contributed by atoms with Crippen LogP contribution in [0.5, 0.6) is 11.5 Å². The van der Waals surface area contributed by atoms with Gasteiger partial charge in [0.25, 0.3) is 5.91 Å². The number of nitrogens with zero attached hydrogens (tertiary/aromatic N) is 6. The van der Waals surface area contributed by atoms with Crippen molar-refractivity contribution in [2.75, 3.05) is 45.3 Å². The zero-order chi connectivity index (χ0) is 29.1. The number of rotatable bonds is 7. The third-order valence-corrected chi connectivity index (χ3v) is 8.25.